The number of H-pyrrole nitrogens is 1. The van der Waals surface area contributed by atoms with E-state index in [2.05, 4.69) is 4.98 Å². The van der Waals surface area contributed by atoms with Crippen LogP contribution in [0, 0.1) is 0 Å². The number of ketones is 1. The number of carbonyl (C=O) groups is 1. The Bertz CT molecular complexity index is 628. The Kier molecular flexibility index (Phi) is 2.95. The first-order chi connectivity index (χ1) is 8.11. The van der Waals surface area contributed by atoms with Crippen molar-refractivity contribution in [2.45, 2.75) is 13.8 Å². The molecule has 0 saturated carbocycles. The van der Waals surface area contributed by atoms with E-state index in [0.29, 0.717) is 29.0 Å². The summed E-state index contributed by atoms with van der Waals surface area (Å²) in [6, 6.07) is 6.41. The van der Waals surface area contributed by atoms with Crippen molar-refractivity contribution < 1.29 is 9.53 Å². The van der Waals surface area contributed by atoms with Crippen molar-refractivity contribution in [2.75, 3.05) is 6.61 Å². The Morgan fingerprint density at radius 3 is 2.76 bits per heavy atom. The molecule has 0 saturated heterocycles. The number of benzene rings is 1. The van der Waals surface area contributed by atoms with Gasteiger partial charge >= 0.3 is 0 Å². The Balaban J connectivity index is 2.64. The van der Waals surface area contributed by atoms with Crippen LogP contribution in [0.5, 0.6) is 5.88 Å². The van der Waals surface area contributed by atoms with E-state index in [9.17, 15) is 9.59 Å². The lowest BCUT2D eigenvalue weighted by Crippen LogP contribution is -2.06. The Morgan fingerprint density at radius 1 is 1.35 bits per heavy atom. The smallest absolute Gasteiger partial charge is 0.195 e. The molecule has 0 aliphatic heterocycles. The van der Waals surface area contributed by atoms with Gasteiger partial charge in [0.2, 0.25) is 0 Å². The second-order valence-corrected chi connectivity index (χ2v) is 3.75. The van der Waals surface area contributed by atoms with Gasteiger partial charge in [-0.15, -0.1) is 0 Å². The van der Waals surface area contributed by atoms with E-state index in [-0.39, 0.29) is 11.2 Å². The van der Waals surface area contributed by atoms with Gasteiger partial charge < -0.3 is 9.72 Å². The third kappa shape index (κ3) is 2.20. The fourth-order valence-electron chi connectivity index (χ4n) is 1.67. The van der Waals surface area contributed by atoms with Gasteiger partial charge in [0, 0.05) is 17.0 Å². The van der Waals surface area contributed by atoms with Crippen LogP contribution in [0.3, 0.4) is 0 Å². The molecule has 0 radical (unpaired) electrons. The molecule has 0 aliphatic rings. The van der Waals surface area contributed by atoms with Gasteiger partial charge in [0.15, 0.2) is 17.1 Å². The fraction of sp³-hybridized carbons (Fsp3) is 0.231. The number of hydrogen-bond donors (Lipinski definition) is 1. The normalized spacial score (nSPS) is 10.5. The van der Waals surface area contributed by atoms with E-state index in [1.54, 1.807) is 18.2 Å². The maximum absolute atomic E-state index is 11.8. The highest BCUT2D eigenvalue weighted by atomic mass is 16.5. The minimum Gasteiger partial charge on any atom is -0.479 e. The first kappa shape index (κ1) is 11.4. The highest BCUT2D eigenvalue weighted by Gasteiger charge is 2.06. The number of ether oxygens (including phenoxy) is 1. The van der Waals surface area contributed by atoms with Crippen LogP contribution in [0.2, 0.25) is 0 Å². The van der Waals surface area contributed by atoms with E-state index in [0.717, 1.165) is 0 Å². The average molecular weight is 231 g/mol. The summed E-state index contributed by atoms with van der Waals surface area (Å²) in [5.41, 5.74) is 1.06. The molecule has 1 aromatic heterocycles. The van der Waals surface area contributed by atoms with Gasteiger partial charge in [-0.3, -0.25) is 9.59 Å². The van der Waals surface area contributed by atoms with Gasteiger partial charge in [-0.25, -0.2) is 0 Å². The van der Waals surface area contributed by atoms with Crippen LogP contribution in [0.4, 0.5) is 0 Å². The van der Waals surface area contributed by atoms with Gasteiger partial charge in [0.05, 0.1) is 12.1 Å². The van der Waals surface area contributed by atoms with E-state index in [1.807, 2.05) is 6.92 Å². The lowest BCUT2D eigenvalue weighted by atomic mass is 10.1. The number of nitrogens with one attached hydrogen (secondary N) is 1. The number of Topliss-reactive ketones (excluding diaryl/α,β-unsaturated/α-hetero) is 1. The number of hydrogen-bond acceptors (Lipinski definition) is 3. The minimum atomic E-state index is -0.148. The highest BCUT2D eigenvalue weighted by Crippen LogP contribution is 2.14. The summed E-state index contributed by atoms with van der Waals surface area (Å²) in [7, 11) is 0. The standard InChI is InChI=1S/C13H13NO3/c1-3-17-13-7-12(16)10-6-9(8(2)15)4-5-11(10)14-13/h4-7H,3H2,1-2H3,(H,14,16). The molecule has 1 N–H and O–H groups in total. The predicted molar refractivity (Wildman–Crippen MR) is 65.7 cm³/mol. The summed E-state index contributed by atoms with van der Waals surface area (Å²) >= 11 is 0. The van der Waals surface area contributed by atoms with Crippen molar-refractivity contribution in [3.8, 4) is 5.88 Å². The zero-order valence-corrected chi connectivity index (χ0v) is 9.74. The van der Waals surface area contributed by atoms with Crippen LogP contribution < -0.4 is 10.2 Å². The monoisotopic (exact) mass is 231 g/mol. The summed E-state index contributed by atoms with van der Waals surface area (Å²) in [6.45, 7) is 3.82. The predicted octanol–water partition coefficient (Wildman–Crippen LogP) is 2.13. The molecular formula is C13H13NO3. The lowest BCUT2D eigenvalue weighted by Gasteiger charge is -2.05. The lowest BCUT2D eigenvalue weighted by molar-refractivity contribution is 0.101. The number of rotatable bonds is 3. The van der Waals surface area contributed by atoms with Gasteiger partial charge in [0.1, 0.15) is 0 Å². The molecular weight excluding hydrogens is 218 g/mol. The molecule has 0 unspecified atom stereocenters. The molecule has 4 nitrogen and oxygen atoms in total. The van der Waals surface area contributed by atoms with Crippen molar-refractivity contribution in [1.82, 2.24) is 4.98 Å². The summed E-state index contributed by atoms with van der Waals surface area (Å²) in [5, 5.41) is 0.501. The molecule has 17 heavy (non-hydrogen) atoms. The third-order valence-corrected chi connectivity index (χ3v) is 2.51. The Hall–Kier alpha value is -2.10. The van der Waals surface area contributed by atoms with Crippen LogP contribution in [-0.2, 0) is 0 Å². The molecule has 2 rings (SSSR count). The second-order valence-electron chi connectivity index (χ2n) is 3.75. The molecule has 0 aliphatic carbocycles. The van der Waals surface area contributed by atoms with Gasteiger partial charge in [-0.1, -0.05) is 0 Å². The van der Waals surface area contributed by atoms with Crippen LogP contribution in [0.15, 0.2) is 29.1 Å². The SMILES string of the molecule is CCOc1cc(=O)c2cc(C(C)=O)ccc2[nH]1. The largest absolute Gasteiger partial charge is 0.479 e. The van der Waals surface area contributed by atoms with Crippen LogP contribution in [-0.4, -0.2) is 17.4 Å². The summed E-state index contributed by atoms with van der Waals surface area (Å²) in [6.07, 6.45) is 0. The van der Waals surface area contributed by atoms with Crippen molar-refractivity contribution in [3.05, 3.63) is 40.1 Å². The van der Waals surface area contributed by atoms with Crippen LogP contribution in [0.25, 0.3) is 10.9 Å². The Labute approximate surface area is 98.2 Å². The molecule has 2 aromatic rings. The molecule has 88 valence electrons. The summed E-state index contributed by atoms with van der Waals surface area (Å²) in [5.74, 6) is 0.390. The molecule has 1 aromatic carbocycles. The quantitative estimate of drug-likeness (QED) is 0.823. The van der Waals surface area contributed by atoms with Crippen molar-refractivity contribution in [1.29, 1.82) is 0 Å². The van der Waals surface area contributed by atoms with E-state index < -0.39 is 0 Å². The number of carbonyl (C=O) groups excluding carboxylic acids is 1. The molecule has 0 atom stereocenters. The maximum Gasteiger partial charge on any atom is 0.195 e. The molecule has 0 amide bonds. The molecule has 0 fully saturated rings. The minimum absolute atomic E-state index is 0.0554. The number of fused-ring (bicyclic) bond motifs is 1. The van der Waals surface area contributed by atoms with Crippen molar-refractivity contribution in [3.63, 3.8) is 0 Å². The molecule has 0 bridgehead atoms. The molecule has 4 heteroatoms. The first-order valence-corrected chi connectivity index (χ1v) is 5.42. The number of pyridine rings is 1. The Morgan fingerprint density at radius 2 is 2.12 bits per heavy atom. The average Bonchev–Trinajstić information content (AvgIpc) is 2.29. The van der Waals surface area contributed by atoms with E-state index in [4.69, 9.17) is 4.74 Å². The fourth-order valence-corrected chi connectivity index (χ4v) is 1.67. The third-order valence-electron chi connectivity index (χ3n) is 2.51. The molecule has 1 heterocycles. The zero-order valence-electron chi connectivity index (χ0n) is 9.74. The molecule has 0 spiro atoms. The highest BCUT2D eigenvalue weighted by molar-refractivity contribution is 5.97. The van der Waals surface area contributed by atoms with Crippen LogP contribution >= 0.6 is 0 Å². The first-order valence-electron chi connectivity index (χ1n) is 5.42. The summed E-state index contributed by atoms with van der Waals surface area (Å²) < 4.78 is 5.25. The van der Waals surface area contributed by atoms with Crippen molar-refractivity contribution >= 4 is 16.7 Å². The topological polar surface area (TPSA) is 59.2 Å². The number of aromatic nitrogens is 1. The maximum atomic E-state index is 11.8. The van der Waals surface area contributed by atoms with Gasteiger partial charge in [-0.2, -0.15) is 0 Å². The summed E-state index contributed by atoms with van der Waals surface area (Å²) in [4.78, 5) is 26.1. The van der Waals surface area contributed by atoms with E-state index >= 15 is 0 Å². The second kappa shape index (κ2) is 4.41. The van der Waals surface area contributed by atoms with Crippen molar-refractivity contribution in [2.24, 2.45) is 0 Å². The van der Waals surface area contributed by atoms with Gasteiger partial charge in [0.25, 0.3) is 0 Å². The van der Waals surface area contributed by atoms with Gasteiger partial charge in [-0.05, 0) is 32.0 Å². The van der Waals surface area contributed by atoms with Crippen LogP contribution in [0.1, 0.15) is 24.2 Å². The zero-order chi connectivity index (χ0) is 12.4. The van der Waals surface area contributed by atoms with E-state index in [1.165, 1.54) is 13.0 Å². The number of aromatic amines is 1.